The molecule has 120 valence electrons. The molecule has 0 fully saturated rings. The number of esters is 1. The van der Waals surface area contributed by atoms with Crippen LogP contribution in [0.2, 0.25) is 5.02 Å². The molecule has 0 heterocycles. The lowest BCUT2D eigenvalue weighted by atomic mass is 10.2. The lowest BCUT2D eigenvalue weighted by Gasteiger charge is -2.10. The van der Waals surface area contributed by atoms with Crippen LogP contribution in [-0.4, -0.2) is 25.1 Å². The van der Waals surface area contributed by atoms with Crippen LogP contribution >= 0.6 is 11.6 Å². The molecular formula is C16H20ClNO4. The molecule has 22 heavy (non-hydrogen) atoms. The van der Waals surface area contributed by atoms with E-state index in [1.807, 2.05) is 13.8 Å². The minimum absolute atomic E-state index is 0.168. The molecule has 0 saturated heterocycles. The van der Waals surface area contributed by atoms with E-state index in [1.54, 1.807) is 18.2 Å². The van der Waals surface area contributed by atoms with Crippen LogP contribution in [0.15, 0.2) is 30.4 Å². The van der Waals surface area contributed by atoms with Crippen molar-refractivity contribution in [2.75, 3.05) is 12.4 Å². The van der Waals surface area contributed by atoms with Crippen LogP contribution in [0.3, 0.4) is 0 Å². The van der Waals surface area contributed by atoms with Gasteiger partial charge >= 0.3 is 5.97 Å². The molecule has 1 atom stereocenters. The third-order valence-electron chi connectivity index (χ3n) is 2.80. The molecule has 0 aliphatic heterocycles. The third kappa shape index (κ3) is 6.18. The number of ether oxygens (including phenoxy) is 2. The summed E-state index contributed by atoms with van der Waals surface area (Å²) in [5.41, 5.74) is 0.428. The van der Waals surface area contributed by atoms with Crippen LogP contribution < -0.4 is 10.1 Å². The summed E-state index contributed by atoms with van der Waals surface area (Å²) >= 11 is 5.87. The van der Waals surface area contributed by atoms with Gasteiger partial charge in [0, 0.05) is 17.2 Å². The molecule has 0 aliphatic carbocycles. The minimum atomic E-state index is -0.547. The number of anilines is 1. The Bertz CT molecular complexity index is 557. The van der Waals surface area contributed by atoms with Crippen LogP contribution in [0.25, 0.3) is 0 Å². The molecule has 1 unspecified atom stereocenters. The highest BCUT2D eigenvalue weighted by Gasteiger charge is 2.08. The Kier molecular flexibility index (Phi) is 7.46. The van der Waals surface area contributed by atoms with Gasteiger partial charge in [-0.1, -0.05) is 24.9 Å². The molecule has 1 aromatic rings. The zero-order chi connectivity index (χ0) is 16.5. The summed E-state index contributed by atoms with van der Waals surface area (Å²) < 4.78 is 10.2. The van der Waals surface area contributed by atoms with E-state index in [2.05, 4.69) is 5.32 Å². The predicted octanol–water partition coefficient (Wildman–Crippen LogP) is 3.58. The Morgan fingerprint density at radius 2 is 2.09 bits per heavy atom. The molecule has 1 aromatic carbocycles. The Morgan fingerprint density at radius 1 is 1.36 bits per heavy atom. The van der Waals surface area contributed by atoms with Crippen molar-refractivity contribution in [2.45, 2.75) is 32.8 Å². The van der Waals surface area contributed by atoms with Gasteiger partial charge in [0.1, 0.15) is 5.75 Å². The van der Waals surface area contributed by atoms with Crippen LogP contribution in [0.4, 0.5) is 5.69 Å². The maximum absolute atomic E-state index is 11.8. The van der Waals surface area contributed by atoms with Crippen LogP contribution in [-0.2, 0) is 14.3 Å². The number of carbonyl (C=O) groups is 2. The molecule has 0 aliphatic rings. The lowest BCUT2D eigenvalue weighted by Crippen LogP contribution is -2.14. The largest absolute Gasteiger partial charge is 0.495 e. The maximum Gasteiger partial charge on any atom is 0.331 e. The van der Waals surface area contributed by atoms with Crippen LogP contribution in [0.1, 0.15) is 26.7 Å². The van der Waals surface area contributed by atoms with Gasteiger partial charge in [0.05, 0.1) is 18.9 Å². The first-order valence-corrected chi connectivity index (χ1v) is 7.37. The van der Waals surface area contributed by atoms with Gasteiger partial charge < -0.3 is 14.8 Å². The summed E-state index contributed by atoms with van der Waals surface area (Å²) in [6.07, 6.45) is 3.75. The first kappa shape index (κ1) is 18.0. The number of nitrogens with one attached hydrogen (secondary N) is 1. The molecule has 1 N–H and O–H groups in total. The van der Waals surface area contributed by atoms with Gasteiger partial charge in [0.2, 0.25) is 5.91 Å². The standard InChI is InChI=1S/C16H20ClNO4/c1-4-5-11(2)22-16(20)9-8-15(19)18-13-10-12(17)6-7-14(13)21-3/h6-11H,4-5H2,1-3H3,(H,18,19)/b9-8+. The van der Waals surface area contributed by atoms with Gasteiger partial charge in [-0.25, -0.2) is 4.79 Å². The van der Waals surface area contributed by atoms with Crippen molar-refractivity contribution in [1.29, 1.82) is 0 Å². The van der Waals surface area contributed by atoms with E-state index in [9.17, 15) is 9.59 Å². The predicted molar refractivity (Wildman–Crippen MR) is 86.2 cm³/mol. The molecule has 5 nitrogen and oxygen atoms in total. The number of amides is 1. The van der Waals surface area contributed by atoms with Crippen LogP contribution in [0, 0.1) is 0 Å². The average molecular weight is 326 g/mol. The van der Waals surface area contributed by atoms with Crippen molar-refractivity contribution in [1.82, 2.24) is 0 Å². The number of methoxy groups -OCH3 is 1. The highest BCUT2D eigenvalue weighted by atomic mass is 35.5. The van der Waals surface area contributed by atoms with Gasteiger partial charge in [-0.3, -0.25) is 4.79 Å². The van der Waals surface area contributed by atoms with Crippen molar-refractivity contribution in [2.24, 2.45) is 0 Å². The number of benzene rings is 1. The molecule has 0 spiro atoms. The second kappa shape index (κ2) is 9.10. The van der Waals surface area contributed by atoms with Crippen molar-refractivity contribution in [3.05, 3.63) is 35.4 Å². The maximum atomic E-state index is 11.8. The number of rotatable bonds is 7. The average Bonchev–Trinajstić information content (AvgIpc) is 2.45. The number of carbonyl (C=O) groups excluding carboxylic acids is 2. The Hall–Kier alpha value is -2.01. The first-order valence-electron chi connectivity index (χ1n) is 6.99. The smallest absolute Gasteiger partial charge is 0.331 e. The molecule has 0 saturated carbocycles. The normalized spacial score (nSPS) is 12.0. The summed E-state index contributed by atoms with van der Waals surface area (Å²) in [5, 5.41) is 3.06. The number of hydrogen-bond acceptors (Lipinski definition) is 4. The monoisotopic (exact) mass is 325 g/mol. The summed E-state index contributed by atoms with van der Waals surface area (Å²) in [5.74, 6) is -0.542. The van der Waals surface area contributed by atoms with E-state index in [1.165, 1.54) is 7.11 Å². The third-order valence-corrected chi connectivity index (χ3v) is 3.04. The van der Waals surface area contributed by atoms with E-state index in [4.69, 9.17) is 21.1 Å². The fraction of sp³-hybridized carbons (Fsp3) is 0.375. The number of halogens is 1. The Labute approximate surface area is 135 Å². The molecule has 0 aromatic heterocycles. The second-order valence-electron chi connectivity index (χ2n) is 4.70. The second-order valence-corrected chi connectivity index (χ2v) is 5.14. The summed E-state index contributed by atoms with van der Waals surface area (Å²) in [7, 11) is 1.49. The molecular weight excluding hydrogens is 306 g/mol. The summed E-state index contributed by atoms with van der Waals surface area (Å²) in [4.78, 5) is 23.3. The highest BCUT2D eigenvalue weighted by molar-refractivity contribution is 6.31. The van der Waals surface area contributed by atoms with Crippen molar-refractivity contribution in [3.8, 4) is 5.75 Å². The molecule has 6 heteroatoms. The zero-order valence-electron chi connectivity index (χ0n) is 12.9. The van der Waals surface area contributed by atoms with Crippen LogP contribution in [0.5, 0.6) is 5.75 Å². The van der Waals surface area contributed by atoms with Gasteiger partial charge in [-0.05, 0) is 31.5 Å². The fourth-order valence-electron chi connectivity index (χ4n) is 1.80. The van der Waals surface area contributed by atoms with E-state index in [0.717, 1.165) is 25.0 Å². The van der Waals surface area contributed by atoms with E-state index in [-0.39, 0.29) is 6.10 Å². The Balaban J connectivity index is 2.61. The van der Waals surface area contributed by atoms with Gasteiger partial charge in [0.15, 0.2) is 0 Å². The van der Waals surface area contributed by atoms with E-state index < -0.39 is 11.9 Å². The molecule has 1 rings (SSSR count). The first-order chi connectivity index (χ1) is 10.5. The zero-order valence-corrected chi connectivity index (χ0v) is 13.6. The lowest BCUT2D eigenvalue weighted by molar-refractivity contribution is -0.142. The SMILES string of the molecule is CCCC(C)OC(=O)/C=C/C(=O)Nc1cc(Cl)ccc1OC. The Morgan fingerprint density at radius 3 is 2.73 bits per heavy atom. The van der Waals surface area contributed by atoms with E-state index >= 15 is 0 Å². The molecule has 0 bridgehead atoms. The van der Waals surface area contributed by atoms with E-state index in [0.29, 0.717) is 16.5 Å². The van der Waals surface area contributed by atoms with Crippen molar-refractivity contribution in [3.63, 3.8) is 0 Å². The quantitative estimate of drug-likeness (QED) is 0.615. The van der Waals surface area contributed by atoms with Gasteiger partial charge in [-0.15, -0.1) is 0 Å². The minimum Gasteiger partial charge on any atom is -0.495 e. The van der Waals surface area contributed by atoms with Crippen molar-refractivity contribution >= 4 is 29.2 Å². The topological polar surface area (TPSA) is 64.6 Å². The molecule has 1 amide bonds. The van der Waals surface area contributed by atoms with Gasteiger partial charge in [-0.2, -0.15) is 0 Å². The summed E-state index contributed by atoms with van der Waals surface area (Å²) in [6, 6.07) is 4.86. The number of hydrogen-bond donors (Lipinski definition) is 1. The van der Waals surface area contributed by atoms with Gasteiger partial charge in [0.25, 0.3) is 0 Å². The van der Waals surface area contributed by atoms with Crippen molar-refractivity contribution < 1.29 is 19.1 Å². The summed E-state index contributed by atoms with van der Waals surface area (Å²) in [6.45, 7) is 3.82. The fourth-order valence-corrected chi connectivity index (χ4v) is 1.97. The highest BCUT2D eigenvalue weighted by Crippen LogP contribution is 2.27. The molecule has 0 radical (unpaired) electrons.